The molecule has 0 saturated carbocycles. The van der Waals surface area contributed by atoms with Gasteiger partial charge >= 0.3 is 0 Å². The van der Waals surface area contributed by atoms with Crippen LogP contribution in [0, 0.1) is 6.92 Å². The zero-order valence-electron chi connectivity index (χ0n) is 13.9. The van der Waals surface area contributed by atoms with Gasteiger partial charge in [-0.25, -0.2) is 4.98 Å². The molecule has 3 rings (SSSR count). The van der Waals surface area contributed by atoms with Crippen molar-refractivity contribution in [3.8, 4) is 0 Å². The largest absolute Gasteiger partial charge is 0.380 e. The average molecular weight is 325 g/mol. The molecule has 1 aliphatic heterocycles. The quantitative estimate of drug-likeness (QED) is 0.857. The van der Waals surface area contributed by atoms with Crippen LogP contribution in [-0.4, -0.2) is 30.1 Å². The van der Waals surface area contributed by atoms with E-state index in [0.717, 1.165) is 31.7 Å². The average Bonchev–Trinajstić information content (AvgIpc) is 3.13. The number of nitrogens with zero attached hydrogens (tertiary/aromatic N) is 1. The van der Waals surface area contributed by atoms with E-state index in [4.69, 9.17) is 4.74 Å². The van der Waals surface area contributed by atoms with Gasteiger partial charge < -0.3 is 15.4 Å². The number of rotatable bonds is 6. The van der Waals surface area contributed by atoms with Crippen LogP contribution in [0.25, 0.3) is 0 Å². The zero-order chi connectivity index (χ0) is 16.8. The fourth-order valence-electron chi connectivity index (χ4n) is 2.65. The van der Waals surface area contributed by atoms with E-state index in [1.807, 2.05) is 6.07 Å². The number of aryl methyl sites for hydroxylation is 1. The van der Waals surface area contributed by atoms with Crippen molar-refractivity contribution >= 4 is 11.6 Å². The zero-order valence-corrected chi connectivity index (χ0v) is 13.9. The van der Waals surface area contributed by atoms with Crippen LogP contribution in [0.4, 0.5) is 5.69 Å². The lowest BCUT2D eigenvalue weighted by molar-refractivity contribution is 0.0854. The van der Waals surface area contributed by atoms with Gasteiger partial charge in [-0.1, -0.05) is 29.8 Å². The van der Waals surface area contributed by atoms with Gasteiger partial charge in [0.05, 0.1) is 18.0 Å². The summed E-state index contributed by atoms with van der Waals surface area (Å²) < 4.78 is 5.49. The second kappa shape index (κ2) is 7.93. The number of nitrogens with one attached hydrogen (secondary N) is 2. The van der Waals surface area contributed by atoms with Crippen molar-refractivity contribution in [1.82, 2.24) is 10.3 Å². The Bertz CT molecular complexity index is 662. The molecule has 5 heteroatoms. The molecule has 0 radical (unpaired) electrons. The number of pyridine rings is 1. The molecule has 5 nitrogen and oxygen atoms in total. The number of benzene rings is 1. The van der Waals surface area contributed by atoms with Crippen molar-refractivity contribution in [2.75, 3.05) is 18.5 Å². The molecule has 2 aromatic rings. The Morgan fingerprint density at radius 2 is 2.08 bits per heavy atom. The van der Waals surface area contributed by atoms with Gasteiger partial charge in [0, 0.05) is 19.7 Å². The van der Waals surface area contributed by atoms with Crippen molar-refractivity contribution in [3.63, 3.8) is 0 Å². The first-order valence-electron chi connectivity index (χ1n) is 8.36. The molecular weight excluding hydrogens is 302 g/mol. The van der Waals surface area contributed by atoms with Crippen LogP contribution in [0.3, 0.4) is 0 Å². The van der Waals surface area contributed by atoms with Gasteiger partial charge in [-0.2, -0.15) is 0 Å². The molecule has 1 saturated heterocycles. The van der Waals surface area contributed by atoms with Crippen LogP contribution >= 0.6 is 0 Å². The molecule has 0 bridgehead atoms. The molecule has 1 atom stereocenters. The highest BCUT2D eigenvalue weighted by Crippen LogP contribution is 2.12. The molecule has 1 aromatic heterocycles. The third-order valence-corrected chi connectivity index (χ3v) is 4.13. The second-order valence-electron chi connectivity index (χ2n) is 6.12. The molecule has 0 spiro atoms. The van der Waals surface area contributed by atoms with Gasteiger partial charge in [0.1, 0.15) is 5.69 Å². The molecule has 1 aliphatic rings. The summed E-state index contributed by atoms with van der Waals surface area (Å²) in [5.74, 6) is -0.157. The number of hydrogen-bond donors (Lipinski definition) is 2. The number of ether oxygens (including phenoxy) is 1. The Labute approximate surface area is 142 Å². The fourth-order valence-corrected chi connectivity index (χ4v) is 2.65. The summed E-state index contributed by atoms with van der Waals surface area (Å²) in [5, 5.41) is 6.19. The Hall–Kier alpha value is -2.40. The van der Waals surface area contributed by atoms with E-state index in [2.05, 4.69) is 46.8 Å². The number of carbonyl (C=O) groups excluding carboxylic acids is 1. The van der Waals surface area contributed by atoms with E-state index in [-0.39, 0.29) is 12.0 Å². The van der Waals surface area contributed by atoms with E-state index >= 15 is 0 Å². The van der Waals surface area contributed by atoms with Gasteiger partial charge in [0.25, 0.3) is 5.91 Å². The molecule has 0 aliphatic carbocycles. The molecular formula is C19H23N3O2. The Kier molecular flexibility index (Phi) is 5.43. The van der Waals surface area contributed by atoms with E-state index in [0.29, 0.717) is 12.2 Å². The maximum Gasteiger partial charge on any atom is 0.269 e. The topological polar surface area (TPSA) is 63.2 Å². The highest BCUT2D eigenvalue weighted by atomic mass is 16.5. The molecule has 1 amide bonds. The van der Waals surface area contributed by atoms with Crippen LogP contribution in [-0.2, 0) is 11.3 Å². The summed E-state index contributed by atoms with van der Waals surface area (Å²) in [6.07, 6.45) is 3.91. The van der Waals surface area contributed by atoms with Crippen molar-refractivity contribution in [2.24, 2.45) is 0 Å². The van der Waals surface area contributed by atoms with E-state index in [9.17, 15) is 4.79 Å². The minimum Gasteiger partial charge on any atom is -0.380 e. The van der Waals surface area contributed by atoms with E-state index < -0.39 is 0 Å². The normalized spacial score (nSPS) is 16.8. The lowest BCUT2D eigenvalue weighted by atomic mass is 10.1. The van der Waals surface area contributed by atoms with Crippen LogP contribution in [0.1, 0.15) is 34.5 Å². The van der Waals surface area contributed by atoms with Gasteiger partial charge in [-0.3, -0.25) is 4.79 Å². The van der Waals surface area contributed by atoms with Crippen molar-refractivity contribution < 1.29 is 9.53 Å². The van der Waals surface area contributed by atoms with E-state index in [1.165, 1.54) is 11.1 Å². The van der Waals surface area contributed by atoms with Crippen LogP contribution in [0.15, 0.2) is 42.6 Å². The smallest absolute Gasteiger partial charge is 0.269 e. The van der Waals surface area contributed by atoms with Gasteiger partial charge in [0.15, 0.2) is 0 Å². The van der Waals surface area contributed by atoms with Gasteiger partial charge in [-0.05, 0) is 37.5 Å². The third kappa shape index (κ3) is 4.55. The summed E-state index contributed by atoms with van der Waals surface area (Å²) in [6, 6.07) is 12.0. The highest BCUT2D eigenvalue weighted by Gasteiger charge is 2.17. The lowest BCUT2D eigenvalue weighted by Gasteiger charge is -2.11. The number of amides is 1. The maximum absolute atomic E-state index is 12.1. The molecule has 1 unspecified atom stereocenters. The maximum atomic E-state index is 12.1. The number of carbonyl (C=O) groups is 1. The standard InChI is InChI=1S/C19H23N3O2/c1-14-4-6-15(7-5-14)11-20-16-8-9-18(21-12-16)19(23)22-13-17-3-2-10-24-17/h4-9,12,17,20H,2-3,10-11,13H2,1H3,(H,22,23). The first kappa shape index (κ1) is 16.5. The molecule has 126 valence electrons. The molecule has 2 N–H and O–H groups in total. The number of aromatic nitrogens is 1. The predicted octanol–water partition coefficient (Wildman–Crippen LogP) is 2.91. The van der Waals surface area contributed by atoms with Crippen molar-refractivity contribution in [3.05, 3.63) is 59.4 Å². The lowest BCUT2D eigenvalue weighted by Crippen LogP contribution is -2.32. The second-order valence-corrected chi connectivity index (χ2v) is 6.12. The van der Waals surface area contributed by atoms with Crippen LogP contribution in [0.2, 0.25) is 0 Å². The number of anilines is 1. The molecule has 2 heterocycles. The summed E-state index contributed by atoms with van der Waals surface area (Å²) in [6.45, 7) is 4.14. The minimum absolute atomic E-state index is 0.143. The van der Waals surface area contributed by atoms with Crippen molar-refractivity contribution in [1.29, 1.82) is 0 Å². The Balaban J connectivity index is 1.48. The SMILES string of the molecule is Cc1ccc(CNc2ccc(C(=O)NCC3CCCO3)nc2)cc1. The molecule has 1 fully saturated rings. The Morgan fingerprint density at radius 1 is 1.25 bits per heavy atom. The summed E-state index contributed by atoms with van der Waals surface area (Å²) in [5.41, 5.74) is 3.78. The third-order valence-electron chi connectivity index (χ3n) is 4.13. The van der Waals surface area contributed by atoms with Gasteiger partial charge in [-0.15, -0.1) is 0 Å². The highest BCUT2D eigenvalue weighted by molar-refractivity contribution is 5.92. The number of hydrogen-bond acceptors (Lipinski definition) is 4. The monoisotopic (exact) mass is 325 g/mol. The molecule has 1 aromatic carbocycles. The fraction of sp³-hybridized carbons (Fsp3) is 0.368. The molecule has 24 heavy (non-hydrogen) atoms. The van der Waals surface area contributed by atoms with Gasteiger partial charge in [0.2, 0.25) is 0 Å². The van der Waals surface area contributed by atoms with Crippen molar-refractivity contribution in [2.45, 2.75) is 32.4 Å². The van der Waals surface area contributed by atoms with Crippen LogP contribution < -0.4 is 10.6 Å². The first-order valence-corrected chi connectivity index (χ1v) is 8.36. The predicted molar refractivity (Wildman–Crippen MR) is 94.0 cm³/mol. The Morgan fingerprint density at radius 3 is 2.75 bits per heavy atom. The minimum atomic E-state index is -0.157. The summed E-state index contributed by atoms with van der Waals surface area (Å²) in [4.78, 5) is 16.3. The summed E-state index contributed by atoms with van der Waals surface area (Å²) >= 11 is 0. The first-order chi connectivity index (χ1) is 11.7. The summed E-state index contributed by atoms with van der Waals surface area (Å²) in [7, 11) is 0. The van der Waals surface area contributed by atoms with E-state index in [1.54, 1.807) is 12.3 Å². The van der Waals surface area contributed by atoms with Crippen LogP contribution in [0.5, 0.6) is 0 Å².